The van der Waals surface area contributed by atoms with E-state index in [4.69, 9.17) is 4.74 Å². The van der Waals surface area contributed by atoms with Gasteiger partial charge in [-0.1, -0.05) is 0 Å². The van der Waals surface area contributed by atoms with Crippen molar-refractivity contribution < 1.29 is 9.53 Å². The van der Waals surface area contributed by atoms with Gasteiger partial charge in [0.25, 0.3) is 0 Å². The highest BCUT2D eigenvalue weighted by molar-refractivity contribution is 7.13. The lowest BCUT2D eigenvalue weighted by atomic mass is 9.75. The molecule has 0 aliphatic heterocycles. The number of nitrogens with one attached hydrogen (secondary N) is 1. The van der Waals surface area contributed by atoms with Crippen LogP contribution >= 0.6 is 11.3 Å². The number of anilines is 1. The Morgan fingerprint density at radius 3 is 2.85 bits per heavy atom. The smallest absolute Gasteiger partial charge is 0.311 e. The van der Waals surface area contributed by atoms with E-state index in [1.54, 1.807) is 11.3 Å². The normalized spacial score (nSPS) is 16.8. The number of rotatable bonds is 7. The summed E-state index contributed by atoms with van der Waals surface area (Å²) >= 11 is 1.55. The largest absolute Gasteiger partial charge is 0.466 e. The van der Waals surface area contributed by atoms with E-state index in [0.29, 0.717) is 6.61 Å². The maximum absolute atomic E-state index is 11.4. The number of carbonyl (C=O) groups excluding carboxylic acids is 1. The maximum atomic E-state index is 11.4. The van der Waals surface area contributed by atoms with Crippen LogP contribution < -0.4 is 5.32 Å². The monoisotopic (exact) mass is 297 g/mol. The summed E-state index contributed by atoms with van der Waals surface area (Å²) in [5.74, 6) is -0.215. The summed E-state index contributed by atoms with van der Waals surface area (Å²) in [4.78, 5) is 18.1. The predicted octanol–water partition coefficient (Wildman–Crippen LogP) is 2.14. The van der Waals surface area contributed by atoms with Gasteiger partial charge in [0, 0.05) is 17.5 Å². The summed E-state index contributed by atoms with van der Waals surface area (Å²) in [5.41, 5.74) is 1.05. The van der Waals surface area contributed by atoms with Crippen LogP contribution in [0.3, 0.4) is 0 Å². The number of hydrogen-bond donors (Lipinski definition) is 1. The van der Waals surface area contributed by atoms with Gasteiger partial charge in [0.05, 0.1) is 18.7 Å². The van der Waals surface area contributed by atoms with Crippen molar-refractivity contribution in [2.75, 3.05) is 32.6 Å². The summed E-state index contributed by atoms with van der Waals surface area (Å²) in [5, 5.41) is 6.21. The van der Waals surface area contributed by atoms with Gasteiger partial charge in [0.1, 0.15) is 0 Å². The Hall–Kier alpha value is -1.14. The number of aromatic nitrogens is 1. The first-order chi connectivity index (χ1) is 9.55. The zero-order valence-electron chi connectivity index (χ0n) is 12.4. The van der Waals surface area contributed by atoms with Gasteiger partial charge >= 0.3 is 5.97 Å². The third kappa shape index (κ3) is 3.49. The van der Waals surface area contributed by atoms with Crippen LogP contribution in [0.5, 0.6) is 0 Å². The highest BCUT2D eigenvalue weighted by Crippen LogP contribution is 2.36. The van der Waals surface area contributed by atoms with E-state index in [9.17, 15) is 4.79 Å². The topological polar surface area (TPSA) is 54.5 Å². The van der Waals surface area contributed by atoms with Gasteiger partial charge in [-0.3, -0.25) is 4.79 Å². The lowest BCUT2D eigenvalue weighted by Crippen LogP contribution is -2.54. The fraction of sp³-hybridized carbons (Fsp3) is 0.714. The van der Waals surface area contributed by atoms with E-state index >= 15 is 0 Å². The fourth-order valence-corrected chi connectivity index (χ4v) is 3.15. The minimum absolute atomic E-state index is 0.215. The molecule has 1 aliphatic rings. The molecule has 1 fully saturated rings. The molecule has 0 spiro atoms. The zero-order chi connectivity index (χ0) is 14.6. The molecular weight excluding hydrogens is 274 g/mol. The summed E-state index contributed by atoms with van der Waals surface area (Å²) in [6.07, 6.45) is 4.01. The molecule has 0 aromatic carbocycles. The average Bonchev–Trinajstić information content (AvgIpc) is 2.75. The van der Waals surface area contributed by atoms with Crippen molar-refractivity contribution in [3.63, 3.8) is 0 Å². The molecule has 1 heterocycles. The number of likely N-dealkylation sites (N-methyl/N-ethyl adjacent to an activating group) is 1. The van der Waals surface area contributed by atoms with E-state index in [2.05, 4.69) is 29.3 Å². The summed E-state index contributed by atoms with van der Waals surface area (Å²) in [6, 6.07) is 0. The summed E-state index contributed by atoms with van der Waals surface area (Å²) < 4.78 is 4.93. The van der Waals surface area contributed by atoms with Gasteiger partial charge in [-0.15, -0.1) is 11.3 Å². The highest BCUT2D eigenvalue weighted by atomic mass is 32.1. The van der Waals surface area contributed by atoms with E-state index in [0.717, 1.165) is 17.4 Å². The molecule has 2 rings (SSSR count). The minimum atomic E-state index is -0.215. The molecular formula is C14H23N3O2S. The van der Waals surface area contributed by atoms with E-state index in [1.165, 1.54) is 19.3 Å². The molecule has 1 saturated carbocycles. The SMILES string of the molecule is CCOC(=O)Cc1csc(NCC2(N(C)C)CCC2)n1. The first kappa shape index (κ1) is 15.3. The lowest BCUT2D eigenvalue weighted by molar-refractivity contribution is -0.142. The Labute approximate surface area is 124 Å². The first-order valence-electron chi connectivity index (χ1n) is 7.07. The molecule has 6 heteroatoms. The van der Waals surface area contributed by atoms with E-state index in [1.807, 2.05) is 12.3 Å². The first-order valence-corrected chi connectivity index (χ1v) is 7.95. The van der Waals surface area contributed by atoms with Crippen molar-refractivity contribution in [3.05, 3.63) is 11.1 Å². The highest BCUT2D eigenvalue weighted by Gasteiger charge is 2.38. The molecule has 0 atom stereocenters. The van der Waals surface area contributed by atoms with Crippen LogP contribution in [0.4, 0.5) is 5.13 Å². The summed E-state index contributed by atoms with van der Waals surface area (Å²) in [7, 11) is 4.27. The second-order valence-corrected chi connectivity index (χ2v) is 6.31. The van der Waals surface area contributed by atoms with Gasteiger partial charge in [-0.2, -0.15) is 0 Å². The zero-order valence-corrected chi connectivity index (χ0v) is 13.3. The number of hydrogen-bond acceptors (Lipinski definition) is 6. The van der Waals surface area contributed by atoms with Crippen molar-refractivity contribution in [2.24, 2.45) is 0 Å². The van der Waals surface area contributed by atoms with Gasteiger partial charge in [-0.05, 0) is 40.3 Å². The third-order valence-electron chi connectivity index (χ3n) is 3.98. The van der Waals surface area contributed by atoms with Crippen LogP contribution in [0.25, 0.3) is 0 Å². The summed E-state index contributed by atoms with van der Waals surface area (Å²) in [6.45, 7) is 3.14. The molecule has 1 aromatic heterocycles. The second-order valence-electron chi connectivity index (χ2n) is 5.45. The Kier molecular flexibility index (Phi) is 4.99. The molecule has 20 heavy (non-hydrogen) atoms. The molecule has 0 bridgehead atoms. The second kappa shape index (κ2) is 6.54. The molecule has 0 saturated heterocycles. The number of nitrogens with zero attached hydrogens (tertiary/aromatic N) is 2. The molecule has 1 N–H and O–H groups in total. The van der Waals surface area contributed by atoms with Gasteiger partial charge < -0.3 is 15.0 Å². The van der Waals surface area contributed by atoms with Crippen LogP contribution in [0.15, 0.2) is 5.38 Å². The number of esters is 1. The Balaban J connectivity index is 1.85. The third-order valence-corrected chi connectivity index (χ3v) is 4.83. The molecule has 0 amide bonds. The quantitative estimate of drug-likeness (QED) is 0.782. The average molecular weight is 297 g/mol. The van der Waals surface area contributed by atoms with Crippen molar-refractivity contribution in [2.45, 2.75) is 38.1 Å². The van der Waals surface area contributed by atoms with Crippen LogP contribution in [0, 0.1) is 0 Å². The molecule has 0 unspecified atom stereocenters. The van der Waals surface area contributed by atoms with Crippen molar-refractivity contribution >= 4 is 22.4 Å². The fourth-order valence-electron chi connectivity index (χ4n) is 2.44. The standard InChI is InChI=1S/C14H23N3O2S/c1-4-19-12(18)8-11-9-20-13(16-11)15-10-14(17(2)3)6-5-7-14/h9H,4-8,10H2,1-3H3,(H,15,16). The minimum Gasteiger partial charge on any atom is -0.466 e. The van der Waals surface area contributed by atoms with E-state index < -0.39 is 0 Å². The van der Waals surface area contributed by atoms with Crippen molar-refractivity contribution in [3.8, 4) is 0 Å². The van der Waals surface area contributed by atoms with Crippen LogP contribution in [-0.4, -0.2) is 48.6 Å². The van der Waals surface area contributed by atoms with Gasteiger partial charge in [0.2, 0.25) is 0 Å². The van der Waals surface area contributed by atoms with Crippen molar-refractivity contribution in [1.29, 1.82) is 0 Å². The maximum Gasteiger partial charge on any atom is 0.311 e. The van der Waals surface area contributed by atoms with Crippen LogP contribution in [-0.2, 0) is 16.0 Å². The molecule has 5 nitrogen and oxygen atoms in total. The van der Waals surface area contributed by atoms with Crippen LogP contribution in [0.1, 0.15) is 31.9 Å². The number of carbonyl (C=O) groups is 1. The Morgan fingerprint density at radius 2 is 2.30 bits per heavy atom. The van der Waals surface area contributed by atoms with Crippen molar-refractivity contribution in [1.82, 2.24) is 9.88 Å². The predicted molar refractivity (Wildman–Crippen MR) is 81.2 cm³/mol. The lowest BCUT2D eigenvalue weighted by Gasteiger charge is -2.47. The van der Waals surface area contributed by atoms with Gasteiger partial charge in [0.15, 0.2) is 5.13 Å². The van der Waals surface area contributed by atoms with E-state index in [-0.39, 0.29) is 17.9 Å². The Morgan fingerprint density at radius 1 is 1.55 bits per heavy atom. The molecule has 0 radical (unpaired) electrons. The number of ether oxygens (including phenoxy) is 1. The number of thiazole rings is 1. The van der Waals surface area contributed by atoms with Crippen LogP contribution in [0.2, 0.25) is 0 Å². The Bertz CT molecular complexity index is 455. The molecule has 1 aromatic rings. The van der Waals surface area contributed by atoms with Gasteiger partial charge in [-0.25, -0.2) is 4.98 Å². The molecule has 1 aliphatic carbocycles. The molecule has 112 valence electrons.